The Bertz CT molecular complexity index is 1180. The molecule has 2 aromatic heterocycles. The van der Waals surface area contributed by atoms with Gasteiger partial charge in [0.25, 0.3) is 5.56 Å². The lowest BCUT2D eigenvalue weighted by Crippen LogP contribution is -2.55. The van der Waals surface area contributed by atoms with Gasteiger partial charge in [0.05, 0.1) is 29.3 Å². The molecule has 1 saturated heterocycles. The molecule has 0 aliphatic carbocycles. The van der Waals surface area contributed by atoms with Crippen LogP contribution in [-0.2, 0) is 23.2 Å². The normalized spacial score (nSPS) is 20.5. The molecule has 1 atom stereocenters. The Balaban J connectivity index is 1.84. The quantitative estimate of drug-likeness (QED) is 0.677. The highest BCUT2D eigenvalue weighted by atomic mass is 32.1. The summed E-state index contributed by atoms with van der Waals surface area (Å²) in [7, 11) is 0. The molecular formula is C23H22N2O4S. The van der Waals surface area contributed by atoms with Crippen molar-refractivity contribution in [2.45, 2.75) is 25.4 Å². The highest BCUT2D eigenvalue weighted by Gasteiger charge is 2.43. The van der Waals surface area contributed by atoms with E-state index in [0.717, 1.165) is 28.1 Å². The van der Waals surface area contributed by atoms with Crippen LogP contribution in [0, 0.1) is 0 Å². The molecular weight excluding hydrogens is 400 g/mol. The number of nitrogens with zero attached hydrogens (tertiary/aromatic N) is 2. The number of fused-ring (bicyclic) bond motifs is 3. The van der Waals surface area contributed by atoms with E-state index in [4.69, 9.17) is 4.74 Å². The van der Waals surface area contributed by atoms with Gasteiger partial charge in [-0.05, 0) is 42.0 Å². The van der Waals surface area contributed by atoms with Gasteiger partial charge in [-0.2, -0.15) is 0 Å². The second-order valence-corrected chi connectivity index (χ2v) is 8.84. The van der Waals surface area contributed by atoms with Crippen molar-refractivity contribution in [1.29, 1.82) is 0 Å². The summed E-state index contributed by atoms with van der Waals surface area (Å²) in [5.41, 5.74) is 3.35. The predicted octanol–water partition coefficient (Wildman–Crippen LogP) is 4.03. The first-order valence-corrected chi connectivity index (χ1v) is 10.9. The highest BCUT2D eigenvalue weighted by molar-refractivity contribution is 7.13. The fraction of sp³-hybridized carbons (Fsp3) is 0.304. The third-order valence-electron chi connectivity index (χ3n) is 6.19. The van der Waals surface area contributed by atoms with Crippen molar-refractivity contribution in [3.63, 3.8) is 0 Å². The minimum Gasteiger partial charge on any atom is -0.465 e. The molecule has 6 nitrogen and oxygen atoms in total. The number of aryl methyl sites for hydroxylation is 1. The van der Waals surface area contributed by atoms with Crippen molar-refractivity contribution in [1.82, 2.24) is 9.47 Å². The van der Waals surface area contributed by atoms with Crippen molar-refractivity contribution < 1.29 is 14.6 Å². The molecule has 1 aromatic carbocycles. The van der Waals surface area contributed by atoms with Crippen LogP contribution >= 0.6 is 11.3 Å². The molecule has 3 aromatic rings. The van der Waals surface area contributed by atoms with Gasteiger partial charge in [-0.15, -0.1) is 11.3 Å². The van der Waals surface area contributed by atoms with E-state index in [9.17, 15) is 14.7 Å². The van der Waals surface area contributed by atoms with Gasteiger partial charge in [0.2, 0.25) is 0 Å². The molecule has 4 heterocycles. The van der Waals surface area contributed by atoms with Crippen LogP contribution < -0.4 is 5.56 Å². The molecule has 0 bridgehead atoms. The molecule has 1 unspecified atom stereocenters. The average molecular weight is 423 g/mol. The smallest absolute Gasteiger partial charge is 0.408 e. The lowest BCUT2D eigenvalue weighted by molar-refractivity contribution is -0.0504. The second-order valence-electron chi connectivity index (χ2n) is 7.93. The van der Waals surface area contributed by atoms with E-state index in [2.05, 4.69) is 6.07 Å². The minimum atomic E-state index is -0.978. The number of aromatic nitrogens is 1. The van der Waals surface area contributed by atoms with Gasteiger partial charge in [-0.25, -0.2) is 4.79 Å². The molecule has 7 heteroatoms. The molecule has 0 saturated carbocycles. The van der Waals surface area contributed by atoms with Crippen LogP contribution in [0.3, 0.4) is 0 Å². The maximum absolute atomic E-state index is 13.5. The number of amides is 1. The average Bonchev–Trinajstić information content (AvgIpc) is 3.24. The molecule has 0 spiro atoms. The topological polar surface area (TPSA) is 71.8 Å². The Morgan fingerprint density at radius 3 is 2.77 bits per heavy atom. The zero-order valence-electron chi connectivity index (χ0n) is 16.6. The monoisotopic (exact) mass is 422 g/mol. The van der Waals surface area contributed by atoms with E-state index >= 15 is 0 Å². The number of ether oxygens (including phenoxy) is 1. The van der Waals surface area contributed by atoms with Crippen LogP contribution in [0.15, 0.2) is 52.6 Å². The fourth-order valence-corrected chi connectivity index (χ4v) is 5.64. The first-order valence-electron chi connectivity index (χ1n) is 9.99. The highest BCUT2D eigenvalue weighted by Crippen LogP contribution is 2.43. The third kappa shape index (κ3) is 2.80. The second kappa shape index (κ2) is 7.11. The molecule has 1 amide bonds. The zero-order valence-corrected chi connectivity index (χ0v) is 17.4. The number of hydrogen-bond acceptors (Lipinski definition) is 4. The zero-order chi connectivity index (χ0) is 20.9. The van der Waals surface area contributed by atoms with Crippen LogP contribution in [-0.4, -0.2) is 40.4 Å². The number of benzene rings is 1. The van der Waals surface area contributed by atoms with E-state index in [0.29, 0.717) is 25.3 Å². The molecule has 1 N–H and O–H groups in total. The molecule has 154 valence electrons. The largest absolute Gasteiger partial charge is 0.465 e. The number of rotatable bonds is 2. The Hall–Kier alpha value is -2.90. The SMILES string of the molecule is CC1(c2cc(-c3ccccc3)c(=O)n3c2-c2sccc2CC3)COCCN1C(=O)O. The summed E-state index contributed by atoms with van der Waals surface area (Å²) in [6, 6.07) is 13.6. The van der Waals surface area contributed by atoms with Gasteiger partial charge in [0.15, 0.2) is 0 Å². The first-order chi connectivity index (χ1) is 14.5. The van der Waals surface area contributed by atoms with Gasteiger partial charge < -0.3 is 14.4 Å². The number of carbonyl (C=O) groups is 1. The van der Waals surface area contributed by atoms with Gasteiger partial charge in [-0.3, -0.25) is 9.69 Å². The molecule has 2 aliphatic heterocycles. The summed E-state index contributed by atoms with van der Waals surface area (Å²) in [5, 5.41) is 12.0. The van der Waals surface area contributed by atoms with Crippen LogP contribution in [0.4, 0.5) is 4.79 Å². The molecule has 30 heavy (non-hydrogen) atoms. The van der Waals surface area contributed by atoms with Gasteiger partial charge >= 0.3 is 6.09 Å². The van der Waals surface area contributed by atoms with Crippen LogP contribution in [0.2, 0.25) is 0 Å². The molecule has 1 fully saturated rings. The number of carboxylic acid groups (broad SMARTS) is 1. The summed E-state index contributed by atoms with van der Waals surface area (Å²) in [6.45, 7) is 3.39. The molecule has 5 rings (SSSR count). The van der Waals surface area contributed by atoms with Crippen molar-refractivity contribution in [2.24, 2.45) is 0 Å². The lowest BCUT2D eigenvalue weighted by Gasteiger charge is -2.44. The van der Waals surface area contributed by atoms with Gasteiger partial charge in [-0.1, -0.05) is 30.3 Å². The predicted molar refractivity (Wildman–Crippen MR) is 116 cm³/mol. The van der Waals surface area contributed by atoms with E-state index in [1.165, 1.54) is 10.5 Å². The van der Waals surface area contributed by atoms with E-state index in [1.54, 1.807) is 11.3 Å². The van der Waals surface area contributed by atoms with Crippen molar-refractivity contribution >= 4 is 17.4 Å². The Morgan fingerprint density at radius 2 is 2.00 bits per heavy atom. The summed E-state index contributed by atoms with van der Waals surface area (Å²) in [5.74, 6) is 0. The first kappa shape index (κ1) is 19.1. The maximum atomic E-state index is 13.5. The van der Waals surface area contributed by atoms with Gasteiger partial charge in [0, 0.05) is 24.2 Å². The summed E-state index contributed by atoms with van der Waals surface area (Å²) < 4.78 is 7.60. The van der Waals surface area contributed by atoms with E-state index < -0.39 is 11.6 Å². The van der Waals surface area contributed by atoms with Crippen molar-refractivity contribution in [3.8, 4) is 21.7 Å². The lowest BCUT2D eigenvalue weighted by atomic mass is 9.84. The number of pyridine rings is 1. The van der Waals surface area contributed by atoms with Crippen molar-refractivity contribution in [3.05, 3.63) is 69.3 Å². The number of hydrogen-bond donors (Lipinski definition) is 1. The Kier molecular flexibility index (Phi) is 4.52. The minimum absolute atomic E-state index is 0.0406. The molecule has 2 aliphatic rings. The van der Waals surface area contributed by atoms with Crippen molar-refractivity contribution in [2.75, 3.05) is 19.8 Å². The summed E-state index contributed by atoms with van der Waals surface area (Å²) >= 11 is 1.60. The Morgan fingerprint density at radius 1 is 1.20 bits per heavy atom. The number of thiophene rings is 1. The van der Waals surface area contributed by atoms with Crippen LogP contribution in [0.5, 0.6) is 0 Å². The van der Waals surface area contributed by atoms with E-state index in [-0.39, 0.29) is 12.2 Å². The fourth-order valence-electron chi connectivity index (χ4n) is 4.61. The van der Waals surface area contributed by atoms with E-state index in [1.807, 2.05) is 53.3 Å². The Labute approximate surface area is 178 Å². The maximum Gasteiger partial charge on any atom is 0.408 e. The third-order valence-corrected chi connectivity index (χ3v) is 7.15. The van der Waals surface area contributed by atoms with Gasteiger partial charge in [0.1, 0.15) is 0 Å². The number of morpholine rings is 1. The van der Waals surface area contributed by atoms with Crippen LogP contribution in [0.25, 0.3) is 21.7 Å². The molecule has 0 radical (unpaired) electrons. The summed E-state index contributed by atoms with van der Waals surface area (Å²) in [6.07, 6.45) is -0.187. The van der Waals surface area contributed by atoms with Crippen LogP contribution in [0.1, 0.15) is 18.1 Å². The summed E-state index contributed by atoms with van der Waals surface area (Å²) in [4.78, 5) is 28.1. The standard InChI is InChI=1S/C23H22N2O4S/c1-23(14-29-11-10-25(23)22(27)28)18-13-17(15-5-3-2-4-6-15)21(26)24-9-7-16-8-12-30-20(16)19(18)24/h2-6,8,12-13H,7,9-11,14H2,1H3,(H,27,28).